The molecule has 0 saturated heterocycles. The maximum Gasteiger partial charge on any atom is 0.224 e. The molecule has 3 heteroatoms. The average Bonchev–Trinajstić information content (AvgIpc) is 2.44. The maximum absolute atomic E-state index is 12.0. The number of hydrogen-bond acceptors (Lipinski definition) is 2. The van der Waals surface area contributed by atoms with Gasteiger partial charge in [0.2, 0.25) is 5.91 Å². The van der Waals surface area contributed by atoms with Crippen LogP contribution in [0.5, 0.6) is 0 Å². The van der Waals surface area contributed by atoms with E-state index in [1.165, 1.54) is 11.1 Å². The van der Waals surface area contributed by atoms with Gasteiger partial charge < -0.3 is 11.1 Å². The van der Waals surface area contributed by atoms with Crippen LogP contribution in [0.15, 0.2) is 24.3 Å². The molecule has 0 aliphatic heterocycles. The summed E-state index contributed by atoms with van der Waals surface area (Å²) in [6, 6.07) is 8.49. The van der Waals surface area contributed by atoms with E-state index in [4.69, 9.17) is 5.73 Å². The van der Waals surface area contributed by atoms with Gasteiger partial charge in [-0.05, 0) is 24.5 Å². The molecule has 0 radical (unpaired) electrons. The molecule has 3 nitrogen and oxygen atoms in total. The minimum atomic E-state index is -0.159. The Bertz CT molecular complexity index is 435. The minimum absolute atomic E-state index is 0.0262. The molecule has 112 valence electrons. The number of nitrogens with two attached hydrogens (primary N) is 1. The molecule has 1 aromatic rings. The molecule has 0 fully saturated rings. The summed E-state index contributed by atoms with van der Waals surface area (Å²) < 4.78 is 0. The van der Waals surface area contributed by atoms with Crippen LogP contribution in [-0.2, 0) is 16.6 Å². The van der Waals surface area contributed by atoms with Gasteiger partial charge >= 0.3 is 0 Å². The summed E-state index contributed by atoms with van der Waals surface area (Å²) in [6.45, 7) is 10.8. The van der Waals surface area contributed by atoms with Crippen molar-refractivity contribution in [3.05, 3.63) is 35.4 Å². The van der Waals surface area contributed by atoms with Crippen molar-refractivity contribution in [2.24, 2.45) is 11.7 Å². The standard InChI is InChI=1S/C17H28N2O/c1-6-14-7-9-15(10-8-14)17(4,5)11-19-16(20)12(2)13(3)18/h7-10,12-13H,6,11,18H2,1-5H3,(H,19,20). The molecule has 0 bridgehead atoms. The fraction of sp³-hybridized carbons (Fsp3) is 0.588. The number of rotatable bonds is 6. The van der Waals surface area contributed by atoms with Crippen molar-refractivity contribution in [3.8, 4) is 0 Å². The fourth-order valence-electron chi connectivity index (χ4n) is 2.00. The van der Waals surface area contributed by atoms with Gasteiger partial charge in [0.1, 0.15) is 0 Å². The Morgan fingerprint density at radius 2 is 1.80 bits per heavy atom. The zero-order valence-corrected chi connectivity index (χ0v) is 13.4. The van der Waals surface area contributed by atoms with E-state index in [-0.39, 0.29) is 23.3 Å². The zero-order valence-electron chi connectivity index (χ0n) is 13.4. The van der Waals surface area contributed by atoms with Crippen LogP contribution in [0.4, 0.5) is 0 Å². The molecule has 0 aromatic heterocycles. The third kappa shape index (κ3) is 4.34. The van der Waals surface area contributed by atoms with Crippen LogP contribution in [0, 0.1) is 5.92 Å². The van der Waals surface area contributed by atoms with Crippen molar-refractivity contribution in [2.75, 3.05) is 6.54 Å². The molecule has 0 spiro atoms. The van der Waals surface area contributed by atoms with Crippen molar-refractivity contribution in [1.82, 2.24) is 5.32 Å². The molecule has 0 aliphatic rings. The van der Waals surface area contributed by atoms with Gasteiger partial charge in [0.15, 0.2) is 0 Å². The summed E-state index contributed by atoms with van der Waals surface area (Å²) in [6.07, 6.45) is 1.04. The summed E-state index contributed by atoms with van der Waals surface area (Å²) in [5.41, 5.74) is 8.25. The van der Waals surface area contributed by atoms with Gasteiger partial charge in [-0.2, -0.15) is 0 Å². The average molecular weight is 276 g/mol. The smallest absolute Gasteiger partial charge is 0.224 e. The molecule has 1 rings (SSSR count). The van der Waals surface area contributed by atoms with Crippen molar-refractivity contribution >= 4 is 5.91 Å². The summed E-state index contributed by atoms with van der Waals surface area (Å²) in [7, 11) is 0. The predicted octanol–water partition coefficient (Wildman–Crippen LogP) is 2.63. The largest absolute Gasteiger partial charge is 0.355 e. The van der Waals surface area contributed by atoms with Gasteiger partial charge in [-0.15, -0.1) is 0 Å². The molecule has 1 aromatic carbocycles. The van der Waals surface area contributed by atoms with Crippen LogP contribution in [0.25, 0.3) is 0 Å². The van der Waals surface area contributed by atoms with Gasteiger partial charge in [0.05, 0.1) is 0 Å². The Balaban J connectivity index is 2.67. The van der Waals surface area contributed by atoms with E-state index < -0.39 is 0 Å². The van der Waals surface area contributed by atoms with Crippen LogP contribution in [0.3, 0.4) is 0 Å². The molecule has 0 heterocycles. The van der Waals surface area contributed by atoms with E-state index in [1.54, 1.807) is 0 Å². The zero-order chi connectivity index (χ0) is 15.3. The van der Waals surface area contributed by atoms with E-state index in [0.717, 1.165) is 6.42 Å². The number of hydrogen-bond donors (Lipinski definition) is 2. The highest BCUT2D eigenvalue weighted by Gasteiger charge is 2.23. The number of amides is 1. The van der Waals surface area contributed by atoms with Crippen LogP contribution in [0.2, 0.25) is 0 Å². The van der Waals surface area contributed by atoms with Crippen molar-refractivity contribution in [1.29, 1.82) is 0 Å². The molecule has 3 N–H and O–H groups in total. The Hall–Kier alpha value is -1.35. The number of aryl methyl sites for hydroxylation is 1. The molecule has 0 saturated carbocycles. The van der Waals surface area contributed by atoms with Gasteiger partial charge in [-0.3, -0.25) is 4.79 Å². The number of carbonyl (C=O) groups excluding carboxylic acids is 1. The summed E-state index contributed by atoms with van der Waals surface area (Å²) >= 11 is 0. The highest BCUT2D eigenvalue weighted by Crippen LogP contribution is 2.23. The van der Waals surface area contributed by atoms with Crippen LogP contribution >= 0.6 is 0 Å². The first-order chi connectivity index (χ1) is 9.27. The lowest BCUT2D eigenvalue weighted by atomic mass is 9.84. The summed E-state index contributed by atoms with van der Waals surface area (Å²) in [4.78, 5) is 12.0. The lowest BCUT2D eigenvalue weighted by Gasteiger charge is -2.27. The molecular formula is C17H28N2O. The van der Waals surface area contributed by atoms with Gasteiger partial charge in [0, 0.05) is 23.9 Å². The third-order valence-corrected chi connectivity index (χ3v) is 4.05. The molecule has 2 atom stereocenters. The van der Waals surface area contributed by atoms with Crippen LogP contribution in [0.1, 0.15) is 45.7 Å². The Labute approximate surface area is 122 Å². The van der Waals surface area contributed by atoms with E-state index >= 15 is 0 Å². The van der Waals surface area contributed by atoms with Gasteiger partial charge in [-0.25, -0.2) is 0 Å². The monoisotopic (exact) mass is 276 g/mol. The topological polar surface area (TPSA) is 55.1 Å². The first kappa shape index (κ1) is 16.7. The highest BCUT2D eigenvalue weighted by atomic mass is 16.1. The minimum Gasteiger partial charge on any atom is -0.355 e. The van der Waals surface area contributed by atoms with E-state index in [2.05, 4.69) is 50.4 Å². The number of benzene rings is 1. The second-order valence-corrected chi connectivity index (χ2v) is 6.30. The lowest BCUT2D eigenvalue weighted by molar-refractivity contribution is -0.125. The van der Waals surface area contributed by atoms with Crippen LogP contribution in [-0.4, -0.2) is 18.5 Å². The molecule has 20 heavy (non-hydrogen) atoms. The van der Waals surface area contributed by atoms with Crippen molar-refractivity contribution in [3.63, 3.8) is 0 Å². The van der Waals surface area contributed by atoms with E-state index in [9.17, 15) is 4.79 Å². The summed E-state index contributed by atoms with van der Waals surface area (Å²) in [5.74, 6) is -0.133. The number of nitrogens with one attached hydrogen (secondary N) is 1. The first-order valence-corrected chi connectivity index (χ1v) is 7.40. The van der Waals surface area contributed by atoms with Gasteiger partial charge in [0.25, 0.3) is 0 Å². The second kappa shape index (κ2) is 6.89. The van der Waals surface area contributed by atoms with Crippen molar-refractivity contribution in [2.45, 2.75) is 52.5 Å². The predicted molar refractivity (Wildman–Crippen MR) is 84.7 cm³/mol. The summed E-state index contributed by atoms with van der Waals surface area (Å²) in [5, 5.41) is 3.01. The molecule has 1 amide bonds. The Morgan fingerprint density at radius 3 is 2.25 bits per heavy atom. The lowest BCUT2D eigenvalue weighted by Crippen LogP contribution is -2.43. The Kier molecular flexibility index (Phi) is 5.75. The maximum atomic E-state index is 12.0. The molecule has 0 aliphatic carbocycles. The third-order valence-electron chi connectivity index (χ3n) is 4.05. The normalized spacial score (nSPS) is 14.7. The van der Waals surface area contributed by atoms with Crippen molar-refractivity contribution < 1.29 is 4.79 Å². The highest BCUT2D eigenvalue weighted by molar-refractivity contribution is 5.79. The van der Waals surface area contributed by atoms with Gasteiger partial charge in [-0.1, -0.05) is 52.0 Å². The van der Waals surface area contributed by atoms with Crippen LogP contribution < -0.4 is 11.1 Å². The van der Waals surface area contributed by atoms with E-state index in [0.29, 0.717) is 6.54 Å². The van der Waals surface area contributed by atoms with E-state index in [1.807, 2.05) is 13.8 Å². The number of carbonyl (C=O) groups is 1. The second-order valence-electron chi connectivity index (χ2n) is 6.30. The first-order valence-electron chi connectivity index (χ1n) is 7.40. The quantitative estimate of drug-likeness (QED) is 0.839. The molecular weight excluding hydrogens is 248 g/mol. The molecule has 2 unspecified atom stereocenters. The SMILES string of the molecule is CCc1ccc(C(C)(C)CNC(=O)C(C)C(C)N)cc1. The Morgan fingerprint density at radius 1 is 1.25 bits per heavy atom. The fourth-order valence-corrected chi connectivity index (χ4v) is 2.00.